The third-order valence-corrected chi connectivity index (χ3v) is 4.42. The highest BCUT2D eigenvalue weighted by Gasteiger charge is 2.43. The van der Waals surface area contributed by atoms with Gasteiger partial charge in [0.1, 0.15) is 11.6 Å². The smallest absolute Gasteiger partial charge is 0.256 e. The number of hydrogen-bond donors (Lipinski definition) is 2. The van der Waals surface area contributed by atoms with Crippen molar-refractivity contribution >= 4 is 11.6 Å². The second-order valence-electron chi connectivity index (χ2n) is 5.63. The van der Waals surface area contributed by atoms with Gasteiger partial charge in [-0.3, -0.25) is 4.79 Å². The molecule has 2 aliphatic rings. The molecule has 1 saturated carbocycles. The Balaban J connectivity index is 1.82. The molecule has 3 rings (SSSR count). The van der Waals surface area contributed by atoms with Gasteiger partial charge in [-0.25, -0.2) is 8.78 Å². The molecule has 3 atom stereocenters. The van der Waals surface area contributed by atoms with Crippen LogP contribution in [0.1, 0.15) is 23.2 Å². The van der Waals surface area contributed by atoms with Crippen molar-refractivity contribution in [1.29, 1.82) is 0 Å². The van der Waals surface area contributed by atoms with Crippen LogP contribution in [0.4, 0.5) is 14.5 Å². The molecule has 1 saturated heterocycles. The van der Waals surface area contributed by atoms with Gasteiger partial charge in [-0.2, -0.15) is 0 Å². The molecule has 0 aromatic heterocycles. The minimum atomic E-state index is -0.903. The summed E-state index contributed by atoms with van der Waals surface area (Å²) in [7, 11) is 0. The average Bonchev–Trinajstić information content (AvgIpc) is 2.96. The first-order chi connectivity index (χ1) is 9.47. The van der Waals surface area contributed by atoms with E-state index in [0.717, 1.165) is 18.9 Å². The summed E-state index contributed by atoms with van der Waals surface area (Å²) in [5.74, 6) is -1.92. The molecule has 1 amide bonds. The normalized spacial score (nSPS) is 28.8. The quantitative estimate of drug-likeness (QED) is 0.765. The second kappa shape index (κ2) is 4.70. The van der Waals surface area contributed by atoms with E-state index in [1.165, 1.54) is 4.90 Å². The molecule has 1 heterocycles. The van der Waals surface area contributed by atoms with Crippen molar-refractivity contribution in [3.05, 3.63) is 29.3 Å². The van der Waals surface area contributed by atoms with Crippen LogP contribution in [-0.4, -0.2) is 35.1 Å². The highest BCUT2D eigenvalue weighted by Crippen LogP contribution is 2.38. The van der Waals surface area contributed by atoms with Crippen LogP contribution in [0.25, 0.3) is 0 Å². The molecular weight excluding hydrogens is 266 g/mol. The number of hydrogen-bond acceptors (Lipinski definition) is 3. The Morgan fingerprint density at radius 1 is 1.25 bits per heavy atom. The van der Waals surface area contributed by atoms with Crippen molar-refractivity contribution in [3.8, 4) is 0 Å². The lowest BCUT2D eigenvalue weighted by molar-refractivity contribution is 0.0748. The molecule has 3 N–H and O–H groups in total. The number of benzene rings is 1. The third-order valence-electron chi connectivity index (χ3n) is 4.42. The molecular formula is C14H16F2N2O2. The lowest BCUT2D eigenvalue weighted by atomic mass is 10.00. The Kier molecular flexibility index (Phi) is 3.12. The van der Waals surface area contributed by atoms with Gasteiger partial charge in [-0.05, 0) is 24.8 Å². The van der Waals surface area contributed by atoms with Crippen molar-refractivity contribution in [2.24, 2.45) is 11.8 Å². The summed E-state index contributed by atoms with van der Waals surface area (Å²) in [5, 5.41) is 9.82. The molecule has 0 bridgehead atoms. The number of rotatable bonds is 1. The van der Waals surface area contributed by atoms with Crippen LogP contribution in [0, 0.1) is 23.5 Å². The molecule has 0 spiro atoms. The van der Waals surface area contributed by atoms with Crippen molar-refractivity contribution in [2.75, 3.05) is 18.8 Å². The number of amides is 1. The average molecular weight is 282 g/mol. The fraction of sp³-hybridized carbons (Fsp3) is 0.500. The number of halogens is 2. The van der Waals surface area contributed by atoms with Gasteiger partial charge < -0.3 is 15.7 Å². The van der Waals surface area contributed by atoms with Gasteiger partial charge >= 0.3 is 0 Å². The minimum absolute atomic E-state index is 0.0693. The summed E-state index contributed by atoms with van der Waals surface area (Å²) in [6, 6.07) is 1.67. The van der Waals surface area contributed by atoms with E-state index in [9.17, 15) is 18.7 Å². The van der Waals surface area contributed by atoms with Gasteiger partial charge in [0.25, 0.3) is 5.91 Å². The molecule has 20 heavy (non-hydrogen) atoms. The van der Waals surface area contributed by atoms with Crippen molar-refractivity contribution in [1.82, 2.24) is 4.90 Å². The third kappa shape index (κ3) is 2.04. The van der Waals surface area contributed by atoms with Gasteiger partial charge in [0.05, 0.1) is 17.4 Å². The van der Waals surface area contributed by atoms with E-state index in [-0.39, 0.29) is 29.2 Å². The zero-order chi connectivity index (χ0) is 14.4. The number of anilines is 1. The molecule has 6 heteroatoms. The lowest BCUT2D eigenvalue weighted by Crippen LogP contribution is -2.31. The predicted octanol–water partition coefficient (Wildman–Crippen LogP) is 1.39. The first-order valence-corrected chi connectivity index (χ1v) is 6.69. The Bertz CT molecular complexity index is 564. The van der Waals surface area contributed by atoms with E-state index in [0.29, 0.717) is 19.2 Å². The Hall–Kier alpha value is -1.69. The van der Waals surface area contributed by atoms with Crippen molar-refractivity contribution < 1.29 is 18.7 Å². The second-order valence-corrected chi connectivity index (χ2v) is 5.63. The number of nitrogen functional groups attached to an aromatic ring is 1. The van der Waals surface area contributed by atoms with Crippen LogP contribution in [0.5, 0.6) is 0 Å². The van der Waals surface area contributed by atoms with Crippen LogP contribution in [0.2, 0.25) is 0 Å². The number of carbonyl (C=O) groups is 1. The molecule has 4 nitrogen and oxygen atoms in total. The zero-order valence-corrected chi connectivity index (χ0v) is 10.9. The van der Waals surface area contributed by atoms with Gasteiger partial charge in [0.15, 0.2) is 0 Å². The number of likely N-dealkylation sites (tertiary alicyclic amines) is 1. The van der Waals surface area contributed by atoms with E-state index >= 15 is 0 Å². The van der Waals surface area contributed by atoms with Crippen LogP contribution < -0.4 is 5.73 Å². The maximum absolute atomic E-state index is 13.7. The fourth-order valence-electron chi connectivity index (χ4n) is 3.30. The Morgan fingerprint density at radius 2 is 2.00 bits per heavy atom. The molecule has 3 unspecified atom stereocenters. The summed E-state index contributed by atoms with van der Waals surface area (Å²) in [5.41, 5.74) is 4.94. The standard InChI is InChI=1S/C14H16F2N2O2/c15-10-4-11(16)12(17)3-8(10)14(20)18-5-7-1-2-13(19)9(7)6-18/h3-4,7,9,13,19H,1-2,5-6,17H2. The molecule has 1 aliphatic heterocycles. The lowest BCUT2D eigenvalue weighted by Gasteiger charge is -2.19. The van der Waals surface area contributed by atoms with E-state index in [2.05, 4.69) is 0 Å². The van der Waals surface area contributed by atoms with E-state index in [4.69, 9.17) is 5.73 Å². The first-order valence-electron chi connectivity index (χ1n) is 6.69. The maximum atomic E-state index is 13.7. The molecule has 108 valence electrons. The molecule has 1 aliphatic carbocycles. The largest absolute Gasteiger partial charge is 0.396 e. The number of nitrogens with two attached hydrogens (primary N) is 1. The number of aliphatic hydroxyl groups excluding tert-OH is 1. The predicted molar refractivity (Wildman–Crippen MR) is 68.9 cm³/mol. The van der Waals surface area contributed by atoms with Gasteiger partial charge in [-0.15, -0.1) is 0 Å². The maximum Gasteiger partial charge on any atom is 0.256 e. The van der Waals surface area contributed by atoms with Crippen LogP contribution in [0.15, 0.2) is 12.1 Å². The van der Waals surface area contributed by atoms with Crippen molar-refractivity contribution in [2.45, 2.75) is 18.9 Å². The van der Waals surface area contributed by atoms with E-state index in [1.807, 2.05) is 0 Å². The van der Waals surface area contributed by atoms with Gasteiger partial charge in [-0.1, -0.05) is 0 Å². The molecule has 0 radical (unpaired) electrons. The summed E-state index contributed by atoms with van der Waals surface area (Å²) < 4.78 is 26.8. The highest BCUT2D eigenvalue weighted by atomic mass is 19.1. The van der Waals surface area contributed by atoms with Crippen molar-refractivity contribution in [3.63, 3.8) is 0 Å². The van der Waals surface area contributed by atoms with Crippen LogP contribution in [0.3, 0.4) is 0 Å². The minimum Gasteiger partial charge on any atom is -0.396 e. The van der Waals surface area contributed by atoms with Gasteiger partial charge in [0, 0.05) is 25.1 Å². The number of aliphatic hydroxyl groups is 1. The SMILES string of the molecule is Nc1cc(C(=O)N2CC3CCC(O)C3C2)c(F)cc1F. The number of fused-ring (bicyclic) bond motifs is 1. The summed E-state index contributed by atoms with van der Waals surface area (Å²) >= 11 is 0. The first kappa shape index (κ1) is 13.3. The summed E-state index contributed by atoms with van der Waals surface area (Å²) in [4.78, 5) is 13.8. The van der Waals surface area contributed by atoms with Crippen LogP contribution >= 0.6 is 0 Å². The Labute approximate surface area is 115 Å². The highest BCUT2D eigenvalue weighted by molar-refractivity contribution is 5.95. The molecule has 1 aromatic rings. The molecule has 2 fully saturated rings. The van der Waals surface area contributed by atoms with E-state index < -0.39 is 17.5 Å². The topological polar surface area (TPSA) is 66.6 Å². The monoisotopic (exact) mass is 282 g/mol. The summed E-state index contributed by atoms with van der Waals surface area (Å²) in [6.45, 7) is 0.929. The van der Waals surface area contributed by atoms with Crippen LogP contribution in [-0.2, 0) is 0 Å². The van der Waals surface area contributed by atoms with Gasteiger partial charge in [0.2, 0.25) is 0 Å². The zero-order valence-electron chi connectivity index (χ0n) is 10.9. The summed E-state index contributed by atoms with van der Waals surface area (Å²) in [6.07, 6.45) is 1.25. The fourth-order valence-corrected chi connectivity index (χ4v) is 3.30. The molecule has 1 aromatic carbocycles. The number of nitrogens with zero attached hydrogens (tertiary/aromatic N) is 1. The number of carbonyl (C=O) groups excluding carboxylic acids is 1. The van der Waals surface area contributed by atoms with E-state index in [1.54, 1.807) is 0 Å². The Morgan fingerprint density at radius 3 is 2.70 bits per heavy atom.